The van der Waals surface area contributed by atoms with Crippen molar-refractivity contribution in [2.75, 3.05) is 18.4 Å². The molecule has 1 aliphatic rings. The molecule has 0 amide bonds. The number of hydrogen-bond donors (Lipinski definition) is 3. The first-order valence-corrected chi connectivity index (χ1v) is 11.1. The van der Waals surface area contributed by atoms with Crippen LogP contribution >= 0.6 is 0 Å². The smallest absolute Gasteiger partial charge is 0.307 e. The molecule has 0 aliphatic carbocycles. The molecule has 1 heterocycles. The molecule has 3 aromatic carbocycles. The molecule has 0 bridgehead atoms. The quantitative estimate of drug-likeness (QED) is 0.478. The van der Waals surface area contributed by atoms with Gasteiger partial charge in [-0.3, -0.25) is 4.79 Å². The van der Waals surface area contributed by atoms with Crippen LogP contribution in [0.2, 0.25) is 0 Å². The summed E-state index contributed by atoms with van der Waals surface area (Å²) in [6.45, 7) is 1.42. The Balaban J connectivity index is 1.48. The summed E-state index contributed by atoms with van der Waals surface area (Å²) in [5, 5.41) is 25.6. The number of carbonyl (C=O) groups is 1. The summed E-state index contributed by atoms with van der Waals surface area (Å²) in [5.41, 5.74) is 4.96. The maximum atomic E-state index is 14.2. The third-order valence-corrected chi connectivity index (χ3v) is 6.18. The second-order valence-electron chi connectivity index (χ2n) is 8.38. The first-order valence-electron chi connectivity index (χ1n) is 11.1. The van der Waals surface area contributed by atoms with Crippen molar-refractivity contribution in [3.8, 4) is 6.07 Å². The van der Waals surface area contributed by atoms with Crippen molar-refractivity contribution in [2.45, 2.75) is 25.3 Å². The van der Waals surface area contributed by atoms with Crippen molar-refractivity contribution in [1.29, 1.82) is 5.26 Å². The molecule has 5 nitrogen and oxygen atoms in total. The number of carboxylic acids is 1. The summed E-state index contributed by atoms with van der Waals surface area (Å²) in [6.07, 6.45) is 1.09. The Morgan fingerprint density at radius 2 is 2.00 bits per heavy atom. The lowest BCUT2D eigenvalue weighted by Crippen LogP contribution is -2.37. The number of rotatable bonds is 8. The van der Waals surface area contributed by atoms with Gasteiger partial charge in [0.2, 0.25) is 0 Å². The highest BCUT2D eigenvalue weighted by molar-refractivity contribution is 5.70. The van der Waals surface area contributed by atoms with Crippen LogP contribution in [-0.2, 0) is 24.1 Å². The number of nitrogens with zero attached hydrogens (tertiary/aromatic N) is 1. The molecule has 33 heavy (non-hydrogen) atoms. The van der Waals surface area contributed by atoms with Gasteiger partial charge >= 0.3 is 5.97 Å². The van der Waals surface area contributed by atoms with E-state index in [1.54, 1.807) is 12.1 Å². The highest BCUT2D eigenvalue weighted by Crippen LogP contribution is 2.34. The molecule has 0 radical (unpaired) electrons. The molecular formula is C27H26FN3O2. The van der Waals surface area contributed by atoms with E-state index >= 15 is 0 Å². The van der Waals surface area contributed by atoms with Crippen LogP contribution in [0.25, 0.3) is 0 Å². The van der Waals surface area contributed by atoms with Crippen LogP contribution in [0, 0.1) is 23.1 Å². The molecule has 168 valence electrons. The van der Waals surface area contributed by atoms with Gasteiger partial charge in [-0.25, -0.2) is 4.39 Å². The maximum absolute atomic E-state index is 14.2. The number of aliphatic carboxylic acids is 1. The first kappa shape index (κ1) is 22.5. The standard InChI is InChI=1S/C27H26FN3O2/c28-24-13-18(9-10-20(24)15-26(32)33)11-12-30-27(19-5-2-1-3-6-19)22-14-23-21(16-29)7-4-8-25(23)31-17-22/h1-10,13,22,27,30-31H,11-12,14-15,17H2,(H,32,33)/t22-,27-/m1/s1. The average molecular weight is 444 g/mol. The van der Waals surface area contributed by atoms with Crippen LogP contribution in [0.3, 0.4) is 0 Å². The summed E-state index contributed by atoms with van der Waals surface area (Å²) < 4.78 is 14.2. The third-order valence-electron chi connectivity index (χ3n) is 6.18. The zero-order chi connectivity index (χ0) is 23.2. The number of halogens is 1. The Kier molecular flexibility index (Phi) is 7.01. The summed E-state index contributed by atoms with van der Waals surface area (Å²) in [4.78, 5) is 10.9. The Bertz CT molecular complexity index is 1170. The van der Waals surface area contributed by atoms with E-state index in [0.717, 1.165) is 29.8 Å². The molecule has 0 saturated heterocycles. The Hall–Kier alpha value is -3.69. The van der Waals surface area contributed by atoms with E-state index < -0.39 is 11.8 Å². The summed E-state index contributed by atoms with van der Waals surface area (Å²) >= 11 is 0. The monoisotopic (exact) mass is 443 g/mol. The van der Waals surface area contributed by atoms with E-state index in [1.807, 2.05) is 36.4 Å². The van der Waals surface area contributed by atoms with Crippen LogP contribution < -0.4 is 10.6 Å². The minimum Gasteiger partial charge on any atom is -0.481 e. The van der Waals surface area contributed by atoms with Gasteiger partial charge in [0.05, 0.1) is 18.1 Å². The predicted molar refractivity (Wildman–Crippen MR) is 125 cm³/mol. The normalized spacial score (nSPS) is 15.7. The van der Waals surface area contributed by atoms with E-state index in [4.69, 9.17) is 5.11 Å². The number of fused-ring (bicyclic) bond motifs is 1. The Labute approximate surface area is 192 Å². The molecule has 6 heteroatoms. The molecular weight excluding hydrogens is 417 g/mol. The van der Waals surface area contributed by atoms with Gasteiger partial charge in [-0.2, -0.15) is 5.26 Å². The summed E-state index contributed by atoms with van der Waals surface area (Å²) in [6, 6.07) is 23.1. The lowest BCUT2D eigenvalue weighted by Gasteiger charge is -2.34. The lowest BCUT2D eigenvalue weighted by atomic mass is 9.83. The molecule has 0 fully saturated rings. The van der Waals surface area contributed by atoms with Gasteiger partial charge in [-0.15, -0.1) is 0 Å². The number of nitriles is 1. The highest BCUT2D eigenvalue weighted by atomic mass is 19.1. The van der Waals surface area contributed by atoms with Crippen LogP contribution in [0.5, 0.6) is 0 Å². The minimum absolute atomic E-state index is 0.0646. The molecule has 4 rings (SSSR count). The molecule has 0 saturated carbocycles. The van der Waals surface area contributed by atoms with Gasteiger partial charge in [-0.1, -0.05) is 48.5 Å². The van der Waals surface area contributed by atoms with Crippen molar-refractivity contribution >= 4 is 11.7 Å². The molecule has 1 aliphatic heterocycles. The summed E-state index contributed by atoms with van der Waals surface area (Å²) in [7, 11) is 0. The zero-order valence-corrected chi connectivity index (χ0v) is 18.2. The number of benzene rings is 3. The van der Waals surface area contributed by atoms with Crippen molar-refractivity contribution in [3.63, 3.8) is 0 Å². The van der Waals surface area contributed by atoms with Gasteiger partial charge in [0, 0.05) is 18.3 Å². The van der Waals surface area contributed by atoms with Crippen LogP contribution in [0.4, 0.5) is 10.1 Å². The maximum Gasteiger partial charge on any atom is 0.307 e. The van der Waals surface area contributed by atoms with Crippen molar-refractivity contribution in [3.05, 3.63) is 100 Å². The van der Waals surface area contributed by atoms with E-state index in [1.165, 1.54) is 11.6 Å². The number of carboxylic acid groups (broad SMARTS) is 1. The van der Waals surface area contributed by atoms with Gasteiger partial charge in [0.15, 0.2) is 0 Å². The van der Waals surface area contributed by atoms with Crippen molar-refractivity contribution in [1.82, 2.24) is 5.32 Å². The van der Waals surface area contributed by atoms with Gasteiger partial charge in [0.25, 0.3) is 0 Å². The van der Waals surface area contributed by atoms with Gasteiger partial charge in [0.1, 0.15) is 5.82 Å². The second-order valence-corrected chi connectivity index (χ2v) is 8.38. The average Bonchev–Trinajstić information content (AvgIpc) is 2.83. The number of anilines is 1. The fraction of sp³-hybridized carbons (Fsp3) is 0.259. The lowest BCUT2D eigenvalue weighted by molar-refractivity contribution is -0.136. The van der Waals surface area contributed by atoms with Crippen LogP contribution in [0.15, 0.2) is 66.7 Å². The molecule has 2 atom stereocenters. The van der Waals surface area contributed by atoms with Crippen LogP contribution in [-0.4, -0.2) is 24.2 Å². The fourth-order valence-corrected chi connectivity index (χ4v) is 4.53. The molecule has 3 N–H and O–H groups in total. The molecule has 3 aromatic rings. The van der Waals surface area contributed by atoms with Gasteiger partial charge < -0.3 is 15.7 Å². The third kappa shape index (κ3) is 5.39. The van der Waals surface area contributed by atoms with E-state index in [2.05, 4.69) is 28.8 Å². The second kappa shape index (κ2) is 10.3. The summed E-state index contributed by atoms with van der Waals surface area (Å²) in [5.74, 6) is -1.29. The minimum atomic E-state index is -1.05. The van der Waals surface area contributed by atoms with Crippen LogP contribution in [0.1, 0.15) is 33.9 Å². The van der Waals surface area contributed by atoms with E-state index in [-0.39, 0.29) is 23.9 Å². The number of hydrogen-bond acceptors (Lipinski definition) is 4. The van der Waals surface area contributed by atoms with E-state index in [9.17, 15) is 14.4 Å². The first-order chi connectivity index (χ1) is 16.0. The van der Waals surface area contributed by atoms with E-state index in [0.29, 0.717) is 18.5 Å². The predicted octanol–water partition coefficient (Wildman–Crippen LogP) is 4.48. The molecule has 0 aromatic heterocycles. The molecule has 0 unspecified atom stereocenters. The SMILES string of the molecule is N#Cc1cccc2c1C[C@@H]([C@H](NCCc1ccc(CC(=O)O)c(F)c1)c1ccccc1)CN2. The van der Waals surface area contributed by atoms with Crippen molar-refractivity contribution in [2.24, 2.45) is 5.92 Å². The highest BCUT2D eigenvalue weighted by Gasteiger charge is 2.28. The zero-order valence-electron chi connectivity index (χ0n) is 18.2. The Morgan fingerprint density at radius 3 is 2.73 bits per heavy atom. The topological polar surface area (TPSA) is 85.2 Å². The number of nitrogens with one attached hydrogen (secondary N) is 2. The molecule has 0 spiro atoms. The largest absolute Gasteiger partial charge is 0.481 e. The fourth-order valence-electron chi connectivity index (χ4n) is 4.53. The Morgan fingerprint density at radius 1 is 1.18 bits per heavy atom. The van der Waals surface area contributed by atoms with Crippen molar-refractivity contribution < 1.29 is 14.3 Å². The van der Waals surface area contributed by atoms with Gasteiger partial charge in [-0.05, 0) is 65.8 Å².